The van der Waals surface area contributed by atoms with Crippen molar-refractivity contribution in [1.29, 1.82) is 0 Å². The van der Waals surface area contributed by atoms with Crippen LogP contribution in [-0.2, 0) is 0 Å². The van der Waals surface area contributed by atoms with E-state index in [1.807, 2.05) is 32.0 Å². The number of hydrogen-bond acceptors (Lipinski definition) is 4. The molecular weight excluding hydrogens is 256 g/mol. The Morgan fingerprint density at radius 3 is 2.25 bits per heavy atom. The summed E-state index contributed by atoms with van der Waals surface area (Å²) in [5.41, 5.74) is 0.141. The summed E-state index contributed by atoms with van der Waals surface area (Å²) in [5.74, 6) is -1.75. The predicted octanol–water partition coefficient (Wildman–Crippen LogP) is 1.59. The third-order valence-corrected chi connectivity index (χ3v) is 4.94. The van der Waals surface area contributed by atoms with E-state index in [2.05, 4.69) is 0 Å². The van der Waals surface area contributed by atoms with Crippen molar-refractivity contribution in [2.75, 3.05) is 0 Å². The van der Waals surface area contributed by atoms with E-state index in [0.29, 0.717) is 12.0 Å². The van der Waals surface area contributed by atoms with E-state index in [9.17, 15) is 20.4 Å². The van der Waals surface area contributed by atoms with Crippen LogP contribution in [-0.4, -0.2) is 32.3 Å². The van der Waals surface area contributed by atoms with Gasteiger partial charge >= 0.3 is 0 Å². The van der Waals surface area contributed by atoms with Gasteiger partial charge in [0.05, 0.1) is 6.10 Å². The van der Waals surface area contributed by atoms with Crippen LogP contribution in [0.3, 0.4) is 0 Å². The molecule has 4 nitrogen and oxygen atoms in total. The van der Waals surface area contributed by atoms with Crippen LogP contribution in [0.4, 0.5) is 0 Å². The maximum absolute atomic E-state index is 10.6. The van der Waals surface area contributed by atoms with Gasteiger partial charge in [-0.1, -0.05) is 44.2 Å². The van der Waals surface area contributed by atoms with Crippen LogP contribution in [0.5, 0.6) is 0 Å². The molecule has 0 saturated heterocycles. The first-order valence-electron chi connectivity index (χ1n) is 7.12. The average Bonchev–Trinajstić information content (AvgIpc) is 2.42. The summed E-state index contributed by atoms with van der Waals surface area (Å²) in [6.45, 7) is 3.80. The molecule has 1 aromatic rings. The number of aliphatic hydroxyl groups is 4. The molecule has 0 bridgehead atoms. The van der Waals surface area contributed by atoms with Crippen LogP contribution in [0.1, 0.15) is 44.8 Å². The van der Waals surface area contributed by atoms with Crippen molar-refractivity contribution in [3.8, 4) is 0 Å². The van der Waals surface area contributed by atoms with Crippen molar-refractivity contribution in [3.05, 3.63) is 35.9 Å². The van der Waals surface area contributed by atoms with Gasteiger partial charge in [0.25, 0.3) is 0 Å². The molecular formula is C16H24O4. The Kier molecular flexibility index (Phi) is 4.21. The Morgan fingerprint density at radius 1 is 1.10 bits per heavy atom. The zero-order valence-corrected chi connectivity index (χ0v) is 12.0. The van der Waals surface area contributed by atoms with E-state index in [4.69, 9.17) is 0 Å². The number of aliphatic hydroxyl groups excluding tert-OH is 2. The summed E-state index contributed by atoms with van der Waals surface area (Å²) in [5, 5.41) is 40.4. The summed E-state index contributed by atoms with van der Waals surface area (Å²) in [6, 6.07) is 9.08. The first-order valence-corrected chi connectivity index (χ1v) is 7.12. The molecule has 4 atom stereocenters. The molecule has 1 aromatic carbocycles. The summed E-state index contributed by atoms with van der Waals surface area (Å²) in [7, 11) is 0. The van der Waals surface area contributed by atoms with Gasteiger partial charge < -0.3 is 20.4 Å². The second kappa shape index (κ2) is 5.45. The highest BCUT2D eigenvalue weighted by atomic mass is 16.5. The predicted molar refractivity (Wildman–Crippen MR) is 75.7 cm³/mol. The van der Waals surface area contributed by atoms with Crippen molar-refractivity contribution in [3.63, 3.8) is 0 Å². The molecule has 0 aliphatic heterocycles. The third kappa shape index (κ3) is 2.88. The molecule has 0 heterocycles. The van der Waals surface area contributed by atoms with Gasteiger partial charge in [-0.25, -0.2) is 0 Å². The summed E-state index contributed by atoms with van der Waals surface area (Å²) in [6.07, 6.45) is -1.01. The lowest BCUT2D eigenvalue weighted by molar-refractivity contribution is -0.225. The van der Waals surface area contributed by atoms with Gasteiger partial charge in [-0.05, 0) is 23.3 Å². The molecule has 1 saturated carbocycles. The molecule has 1 aliphatic carbocycles. The van der Waals surface area contributed by atoms with Gasteiger partial charge in [-0.15, -0.1) is 0 Å². The fraction of sp³-hybridized carbons (Fsp3) is 0.625. The van der Waals surface area contributed by atoms with Crippen LogP contribution in [0.15, 0.2) is 30.3 Å². The normalized spacial score (nSPS) is 32.6. The number of benzene rings is 1. The van der Waals surface area contributed by atoms with Gasteiger partial charge in [0.15, 0.2) is 5.79 Å². The molecule has 1 fully saturated rings. The van der Waals surface area contributed by atoms with Gasteiger partial charge in [-0.3, -0.25) is 0 Å². The first kappa shape index (κ1) is 15.4. The number of rotatable bonds is 3. The minimum absolute atomic E-state index is 0.0976. The number of hydrogen-bond donors (Lipinski definition) is 4. The quantitative estimate of drug-likeness (QED) is 0.634. The van der Waals surface area contributed by atoms with Crippen LogP contribution in [0.25, 0.3) is 0 Å². The van der Waals surface area contributed by atoms with Gasteiger partial charge in [-0.2, -0.15) is 0 Å². The minimum atomic E-state index is -1.66. The SMILES string of the molecule is CC1CC(O)(O)CCC1(C)C(O)C(O)c1ccccc1. The van der Waals surface area contributed by atoms with E-state index in [-0.39, 0.29) is 18.8 Å². The van der Waals surface area contributed by atoms with Crippen molar-refractivity contribution in [2.45, 2.75) is 51.1 Å². The molecule has 2 rings (SSSR count). The second-order valence-electron chi connectivity index (χ2n) is 6.39. The van der Waals surface area contributed by atoms with Gasteiger partial charge in [0.1, 0.15) is 6.10 Å². The Balaban J connectivity index is 2.17. The maximum Gasteiger partial charge on any atom is 0.162 e. The third-order valence-electron chi connectivity index (χ3n) is 4.94. The zero-order chi connectivity index (χ0) is 15.0. The maximum atomic E-state index is 10.6. The Bertz CT molecular complexity index is 445. The molecule has 112 valence electrons. The topological polar surface area (TPSA) is 80.9 Å². The fourth-order valence-corrected chi connectivity index (χ4v) is 3.17. The van der Waals surface area contributed by atoms with Gasteiger partial charge in [0, 0.05) is 12.8 Å². The molecule has 0 spiro atoms. The lowest BCUT2D eigenvalue weighted by Crippen LogP contribution is -2.50. The van der Waals surface area contributed by atoms with Crippen molar-refractivity contribution in [2.24, 2.45) is 11.3 Å². The molecule has 0 radical (unpaired) electrons. The van der Waals surface area contributed by atoms with Gasteiger partial charge in [0.2, 0.25) is 0 Å². The largest absolute Gasteiger partial charge is 0.389 e. The standard InChI is InChI=1S/C16H24O4/c1-11-10-16(19,20)9-8-15(11,2)14(18)13(17)12-6-4-3-5-7-12/h3-7,11,13-14,17-20H,8-10H2,1-2H3. The smallest absolute Gasteiger partial charge is 0.162 e. The molecule has 4 unspecified atom stereocenters. The monoisotopic (exact) mass is 280 g/mol. The lowest BCUT2D eigenvalue weighted by Gasteiger charge is -2.48. The molecule has 4 heteroatoms. The van der Waals surface area contributed by atoms with Crippen molar-refractivity contribution >= 4 is 0 Å². The summed E-state index contributed by atoms with van der Waals surface area (Å²) < 4.78 is 0. The van der Waals surface area contributed by atoms with E-state index in [0.717, 1.165) is 0 Å². The summed E-state index contributed by atoms with van der Waals surface area (Å²) in [4.78, 5) is 0. The Hall–Kier alpha value is -0.940. The Labute approximate surface area is 119 Å². The highest BCUT2D eigenvalue weighted by molar-refractivity contribution is 5.19. The van der Waals surface area contributed by atoms with E-state index >= 15 is 0 Å². The van der Waals surface area contributed by atoms with Crippen LogP contribution >= 0.6 is 0 Å². The molecule has 1 aliphatic rings. The second-order valence-corrected chi connectivity index (χ2v) is 6.39. The van der Waals surface area contributed by atoms with Crippen molar-refractivity contribution in [1.82, 2.24) is 0 Å². The van der Waals surface area contributed by atoms with Crippen molar-refractivity contribution < 1.29 is 20.4 Å². The molecule has 20 heavy (non-hydrogen) atoms. The highest BCUT2D eigenvalue weighted by Gasteiger charge is 2.49. The molecule has 0 amide bonds. The molecule has 4 N–H and O–H groups in total. The average molecular weight is 280 g/mol. The minimum Gasteiger partial charge on any atom is -0.389 e. The summed E-state index contributed by atoms with van der Waals surface area (Å²) >= 11 is 0. The van der Waals surface area contributed by atoms with Crippen LogP contribution in [0, 0.1) is 11.3 Å². The highest BCUT2D eigenvalue weighted by Crippen LogP contribution is 2.48. The van der Waals surface area contributed by atoms with E-state index in [1.54, 1.807) is 12.1 Å². The lowest BCUT2D eigenvalue weighted by atomic mass is 9.62. The van der Waals surface area contributed by atoms with E-state index < -0.39 is 23.4 Å². The fourth-order valence-electron chi connectivity index (χ4n) is 3.17. The van der Waals surface area contributed by atoms with Crippen LogP contribution in [0.2, 0.25) is 0 Å². The zero-order valence-electron chi connectivity index (χ0n) is 12.0. The van der Waals surface area contributed by atoms with E-state index in [1.165, 1.54) is 0 Å². The van der Waals surface area contributed by atoms with Crippen LogP contribution < -0.4 is 0 Å². The molecule has 0 aromatic heterocycles. The Morgan fingerprint density at radius 2 is 1.70 bits per heavy atom. The first-order chi connectivity index (χ1) is 9.26.